The van der Waals surface area contributed by atoms with Crippen LogP contribution in [0.15, 0.2) is 14.6 Å². The van der Waals surface area contributed by atoms with Crippen molar-refractivity contribution in [3.8, 4) is 0 Å². The standard InChI is InChI=1S/C6H10BrNOS.C6H11NOS.BHNS/c1-6(2)4(7)5(10-3)8-9-6;1-6(2)4-5(9-3)7-8-6;1-2-3/h4H,1-3H3;4H2,1-3H3;3H. The molecule has 0 spiro atoms. The zero-order valence-corrected chi connectivity index (χ0v) is 17.8. The Labute approximate surface area is 156 Å². The molecule has 22 heavy (non-hydrogen) atoms. The maximum absolute atomic E-state index is 5.18. The molecular formula is C12H22BBrN3O2S3. The molecule has 0 aliphatic carbocycles. The van der Waals surface area contributed by atoms with E-state index in [2.05, 4.69) is 51.0 Å². The van der Waals surface area contributed by atoms with Gasteiger partial charge in [-0.05, 0) is 40.2 Å². The average Bonchev–Trinajstić information content (AvgIpc) is 2.92. The molecule has 0 aromatic rings. The topological polar surface area (TPSA) is 55.5 Å². The molecule has 0 bridgehead atoms. The number of nitrogens with zero attached hydrogens (tertiary/aromatic N) is 3. The minimum absolute atomic E-state index is 0.0572. The molecule has 0 aromatic heterocycles. The molecule has 5 nitrogen and oxygen atoms in total. The zero-order valence-electron chi connectivity index (χ0n) is 13.7. The van der Waals surface area contributed by atoms with Crippen LogP contribution in [0.2, 0.25) is 0 Å². The van der Waals surface area contributed by atoms with Crippen LogP contribution in [-0.2, 0) is 9.68 Å². The predicted octanol–water partition coefficient (Wildman–Crippen LogP) is 4.28. The van der Waals surface area contributed by atoms with Crippen molar-refractivity contribution in [1.82, 2.24) is 0 Å². The molecule has 2 aliphatic heterocycles. The fourth-order valence-corrected chi connectivity index (χ4v) is 3.34. The van der Waals surface area contributed by atoms with Gasteiger partial charge in [-0.15, -0.1) is 23.5 Å². The number of hydrogen-bond donors (Lipinski definition) is 1. The van der Waals surface area contributed by atoms with Crippen LogP contribution in [0, 0.1) is 0 Å². The van der Waals surface area contributed by atoms with Gasteiger partial charge in [0.05, 0.1) is 0 Å². The number of thioether (sulfide) groups is 2. The summed E-state index contributed by atoms with van der Waals surface area (Å²) in [4.78, 5) is 10.5. The number of oxime groups is 2. The monoisotopic (exact) mass is 426 g/mol. The maximum atomic E-state index is 5.18. The van der Waals surface area contributed by atoms with Gasteiger partial charge in [0.1, 0.15) is 20.5 Å². The van der Waals surface area contributed by atoms with E-state index in [1.165, 1.54) is 0 Å². The van der Waals surface area contributed by atoms with Gasteiger partial charge >= 0.3 is 24.8 Å². The molecule has 0 saturated heterocycles. The van der Waals surface area contributed by atoms with Gasteiger partial charge in [0.2, 0.25) is 0 Å². The summed E-state index contributed by atoms with van der Waals surface area (Å²) in [5.41, 5.74) is -0.239. The van der Waals surface area contributed by atoms with E-state index in [4.69, 9.17) is 9.68 Å². The number of hydrogen-bond acceptors (Lipinski definition) is 8. The van der Waals surface area contributed by atoms with E-state index in [1.807, 2.05) is 40.2 Å². The summed E-state index contributed by atoms with van der Waals surface area (Å²) in [7, 11) is 4.34. The minimum atomic E-state index is -0.182. The molecule has 2 rings (SSSR count). The number of rotatable bonds is 0. The number of thiol groups is 1. The molecule has 0 amide bonds. The molecule has 10 heteroatoms. The second-order valence-corrected chi connectivity index (χ2v) is 8.38. The van der Waals surface area contributed by atoms with E-state index < -0.39 is 0 Å². The molecule has 2 heterocycles. The van der Waals surface area contributed by atoms with E-state index in [0.29, 0.717) is 0 Å². The first-order valence-corrected chi connectivity index (χ1v) is 10.2. The van der Waals surface area contributed by atoms with Crippen LogP contribution in [0.25, 0.3) is 0 Å². The van der Waals surface area contributed by atoms with Crippen LogP contribution in [0.4, 0.5) is 0 Å². The summed E-state index contributed by atoms with van der Waals surface area (Å²) >= 11 is 9.98. The van der Waals surface area contributed by atoms with Crippen LogP contribution in [0.3, 0.4) is 0 Å². The van der Waals surface area contributed by atoms with Crippen LogP contribution >= 0.6 is 52.3 Å². The first-order chi connectivity index (χ1) is 10.1. The third-order valence-corrected chi connectivity index (χ3v) is 5.87. The quantitative estimate of drug-likeness (QED) is 0.356. The molecule has 0 aromatic carbocycles. The summed E-state index contributed by atoms with van der Waals surface area (Å²) in [5.74, 6) is 0. The van der Waals surface area contributed by atoms with Gasteiger partial charge in [0.15, 0.2) is 5.60 Å². The van der Waals surface area contributed by atoms with E-state index in [9.17, 15) is 0 Å². The fourth-order valence-electron chi connectivity index (χ4n) is 1.41. The van der Waals surface area contributed by atoms with Crippen LogP contribution < -0.4 is 0 Å². The van der Waals surface area contributed by atoms with Crippen molar-refractivity contribution in [1.29, 1.82) is 0 Å². The Balaban J connectivity index is 0.000000342. The Morgan fingerprint density at radius 2 is 1.77 bits per heavy atom. The van der Waals surface area contributed by atoms with Crippen LogP contribution in [0.1, 0.15) is 34.1 Å². The molecule has 125 valence electrons. The molecule has 1 radical (unpaired) electrons. The van der Waals surface area contributed by atoms with Gasteiger partial charge in [-0.1, -0.05) is 26.2 Å². The van der Waals surface area contributed by atoms with Gasteiger partial charge < -0.3 is 9.68 Å². The predicted molar refractivity (Wildman–Crippen MR) is 107 cm³/mol. The first-order valence-electron chi connectivity index (χ1n) is 6.41. The van der Waals surface area contributed by atoms with Crippen molar-refractivity contribution < 1.29 is 9.68 Å². The van der Waals surface area contributed by atoms with Crippen LogP contribution in [0.5, 0.6) is 0 Å². The average molecular weight is 427 g/mol. The molecule has 0 saturated carbocycles. The Morgan fingerprint density at radius 3 is 1.95 bits per heavy atom. The van der Waals surface area contributed by atoms with E-state index in [0.717, 1.165) is 16.5 Å². The van der Waals surface area contributed by atoms with Crippen molar-refractivity contribution in [3.05, 3.63) is 0 Å². The molecule has 0 N–H and O–H groups in total. The summed E-state index contributed by atoms with van der Waals surface area (Å²) < 4.78 is 2.69. The Hall–Kier alpha value is 0.335. The van der Waals surface area contributed by atoms with E-state index >= 15 is 0 Å². The first kappa shape index (κ1) is 22.3. The number of halogens is 1. The van der Waals surface area contributed by atoms with Gasteiger partial charge in [-0.2, -0.15) is 0 Å². The molecule has 1 atom stereocenters. The second kappa shape index (κ2) is 10.3. The fraction of sp³-hybridized carbons (Fsp3) is 0.833. The molecule has 0 fully saturated rings. The third-order valence-electron chi connectivity index (χ3n) is 2.61. The number of alkyl halides is 1. The SMILES string of the molecule is CSC1=NOC(C)(C)C1.CSC1=NOC(C)(C)C1Br.[B]=NS. The van der Waals surface area contributed by atoms with Crippen molar-refractivity contribution >= 4 is 70.0 Å². The van der Waals surface area contributed by atoms with E-state index in [-0.39, 0.29) is 16.0 Å². The van der Waals surface area contributed by atoms with Crippen molar-refractivity contribution in [2.45, 2.75) is 50.1 Å². The summed E-state index contributed by atoms with van der Waals surface area (Å²) in [6, 6.07) is 0. The second-order valence-electron chi connectivity index (χ2n) is 5.52. The van der Waals surface area contributed by atoms with Gasteiger partial charge in [0, 0.05) is 6.42 Å². The summed E-state index contributed by atoms with van der Waals surface area (Å²) in [5, 5.41) is 9.92. The third kappa shape index (κ3) is 7.74. The van der Waals surface area contributed by atoms with Gasteiger partial charge in [-0.3, -0.25) is 0 Å². The Bertz CT molecular complexity index is 434. The van der Waals surface area contributed by atoms with Crippen molar-refractivity contribution in [2.24, 2.45) is 14.6 Å². The Morgan fingerprint density at radius 1 is 1.23 bits per heavy atom. The molecule has 1 unspecified atom stereocenters. The van der Waals surface area contributed by atoms with Crippen molar-refractivity contribution in [3.63, 3.8) is 0 Å². The van der Waals surface area contributed by atoms with Crippen LogP contribution in [-0.4, -0.2) is 46.3 Å². The molecule has 2 aliphatic rings. The van der Waals surface area contributed by atoms with Gasteiger partial charge in [-0.25, -0.2) is 0 Å². The Kier molecular flexibility index (Phi) is 10.4. The normalized spacial score (nSPS) is 23.5. The summed E-state index contributed by atoms with van der Waals surface area (Å²) in [6.45, 7) is 8.11. The van der Waals surface area contributed by atoms with Crippen molar-refractivity contribution in [2.75, 3.05) is 12.5 Å². The van der Waals surface area contributed by atoms with Gasteiger partial charge in [0.25, 0.3) is 0 Å². The zero-order chi connectivity index (χ0) is 17.4. The van der Waals surface area contributed by atoms with E-state index in [1.54, 1.807) is 23.5 Å². The summed E-state index contributed by atoms with van der Waals surface area (Å²) in [6.07, 6.45) is 4.97. The molecular weight excluding hydrogens is 405 g/mol.